The van der Waals surface area contributed by atoms with Gasteiger partial charge in [0, 0.05) is 91.4 Å². The molecule has 2 aromatic carbocycles. The van der Waals surface area contributed by atoms with Crippen molar-refractivity contribution in [2.75, 3.05) is 65.4 Å². The van der Waals surface area contributed by atoms with E-state index in [2.05, 4.69) is 20.6 Å². The van der Waals surface area contributed by atoms with Gasteiger partial charge in [0.15, 0.2) is 0 Å². The highest BCUT2D eigenvalue weighted by Crippen LogP contribution is 2.30. The Morgan fingerprint density at radius 3 is 1.21 bits per heavy atom. The first-order chi connectivity index (χ1) is 36.8. The van der Waals surface area contributed by atoms with Crippen molar-refractivity contribution >= 4 is 58.5 Å². The molecule has 4 aliphatic heterocycles. The maximum atomic E-state index is 13.4. The lowest BCUT2D eigenvalue weighted by Crippen LogP contribution is -2.57. The van der Waals surface area contributed by atoms with E-state index < -0.39 is 47.6 Å². The van der Waals surface area contributed by atoms with Crippen LogP contribution in [0.1, 0.15) is 90.7 Å². The number of carbonyl (C=O) groups excluding carboxylic acids is 6. The fourth-order valence-electron chi connectivity index (χ4n) is 9.96. The molecule has 20 nitrogen and oxygen atoms in total. The molecular formula is C56H78N10O10S2. The molecule has 0 bridgehead atoms. The number of amides is 6. The molecule has 6 heterocycles. The van der Waals surface area contributed by atoms with Crippen LogP contribution < -0.4 is 10.6 Å². The van der Waals surface area contributed by atoms with E-state index in [4.69, 9.17) is 9.47 Å². The first kappa shape index (κ1) is 59.6. The number of β-amino-alcohol motifs (C(OH)–C–C–N with tert-alkyl or cyclic N) is 2. The fourth-order valence-corrected chi connectivity index (χ4v) is 11.6. The second-order valence-corrected chi connectivity index (χ2v) is 24.2. The van der Waals surface area contributed by atoms with E-state index >= 15 is 0 Å². The van der Waals surface area contributed by atoms with Crippen LogP contribution >= 0.6 is 22.7 Å². The Morgan fingerprint density at radius 1 is 0.577 bits per heavy atom. The predicted octanol–water partition coefficient (Wildman–Crippen LogP) is 5.28. The van der Waals surface area contributed by atoms with Crippen molar-refractivity contribution in [2.24, 2.45) is 0 Å². The van der Waals surface area contributed by atoms with Crippen LogP contribution in [-0.2, 0) is 41.7 Å². The van der Waals surface area contributed by atoms with Crippen LogP contribution in [-0.4, -0.2) is 198 Å². The molecule has 0 aliphatic carbocycles. The molecule has 424 valence electrons. The van der Waals surface area contributed by atoms with Gasteiger partial charge in [0.1, 0.15) is 23.3 Å². The molecule has 4 aliphatic rings. The van der Waals surface area contributed by atoms with Gasteiger partial charge in [-0.05, 0) is 91.5 Å². The van der Waals surface area contributed by atoms with E-state index in [1.165, 1.54) is 9.80 Å². The van der Waals surface area contributed by atoms with Crippen molar-refractivity contribution in [2.45, 2.75) is 143 Å². The lowest BCUT2D eigenvalue weighted by Gasteiger charge is -2.39. The summed E-state index contributed by atoms with van der Waals surface area (Å²) in [4.78, 5) is 99.0. The maximum Gasteiger partial charge on any atom is 0.410 e. The van der Waals surface area contributed by atoms with E-state index in [9.17, 15) is 39.0 Å². The molecule has 6 atom stereocenters. The Hall–Kier alpha value is -6.04. The Bertz CT molecular complexity index is 2520. The SMILES string of the molecule is Cc1ncsc1-c1ccc(CNC(=O)[C@@H]2C[C@@H](O)CN2C(=O)[C@@H](C)N2CCN(C(=O)OC(C)(C)C)CC2)cc1.Cc1ncsc1-c1ccc(CNC(=O)[C@@H]2C[C@@H](O)CN2C(=O)[C@H](C)N2CCN(C(=O)OC(C)(C)C)CC2)cc1. The average molecular weight is 1120 g/mol. The van der Waals surface area contributed by atoms with Crippen LogP contribution in [0.25, 0.3) is 20.9 Å². The number of aliphatic hydroxyl groups excluding tert-OH is 2. The zero-order chi connectivity index (χ0) is 56.6. The van der Waals surface area contributed by atoms with Crippen molar-refractivity contribution in [1.82, 2.24) is 50.0 Å². The molecule has 0 radical (unpaired) electrons. The number of aryl methyl sites for hydroxylation is 2. The van der Waals surface area contributed by atoms with Crippen molar-refractivity contribution in [3.05, 3.63) is 82.1 Å². The summed E-state index contributed by atoms with van der Waals surface area (Å²) in [6.07, 6.45) is -1.78. The number of benzene rings is 2. The second kappa shape index (κ2) is 25.8. The molecule has 0 saturated carbocycles. The second-order valence-electron chi connectivity index (χ2n) is 22.5. The van der Waals surface area contributed by atoms with Crippen molar-refractivity contribution in [3.8, 4) is 20.9 Å². The molecule has 4 aromatic rings. The molecule has 2 aromatic heterocycles. The molecule has 0 spiro atoms. The fraction of sp³-hybridized carbons (Fsp3) is 0.571. The zero-order valence-corrected chi connectivity index (χ0v) is 48.3. The number of thiazole rings is 2. The molecule has 4 saturated heterocycles. The summed E-state index contributed by atoms with van der Waals surface area (Å²) in [5.41, 5.74) is 8.57. The minimum atomic E-state index is -0.747. The number of aliphatic hydroxyl groups is 2. The summed E-state index contributed by atoms with van der Waals surface area (Å²) in [7, 11) is 0. The van der Waals surface area contributed by atoms with Gasteiger partial charge in [-0.25, -0.2) is 19.6 Å². The van der Waals surface area contributed by atoms with Gasteiger partial charge < -0.3 is 49.9 Å². The lowest BCUT2D eigenvalue weighted by atomic mass is 10.1. The van der Waals surface area contributed by atoms with Gasteiger partial charge in [-0.2, -0.15) is 0 Å². The van der Waals surface area contributed by atoms with Crippen LogP contribution in [0.4, 0.5) is 9.59 Å². The maximum absolute atomic E-state index is 13.4. The number of likely N-dealkylation sites (tertiary alicyclic amines) is 2. The molecule has 8 rings (SSSR count). The van der Waals surface area contributed by atoms with Gasteiger partial charge in [0.2, 0.25) is 23.6 Å². The Balaban J connectivity index is 0.000000226. The highest BCUT2D eigenvalue weighted by molar-refractivity contribution is 7.13. The Kier molecular flexibility index (Phi) is 19.7. The predicted molar refractivity (Wildman–Crippen MR) is 298 cm³/mol. The lowest BCUT2D eigenvalue weighted by molar-refractivity contribution is -0.143. The number of carbonyl (C=O) groups is 6. The third-order valence-corrected chi connectivity index (χ3v) is 16.3. The van der Waals surface area contributed by atoms with Crippen LogP contribution in [0.3, 0.4) is 0 Å². The zero-order valence-electron chi connectivity index (χ0n) is 46.7. The minimum Gasteiger partial charge on any atom is -0.444 e. The van der Waals surface area contributed by atoms with Gasteiger partial charge in [-0.1, -0.05) is 48.5 Å². The van der Waals surface area contributed by atoms with Crippen molar-refractivity contribution in [3.63, 3.8) is 0 Å². The normalized spacial score (nSPS) is 21.1. The molecule has 22 heteroatoms. The number of rotatable bonds is 12. The number of nitrogens with zero attached hydrogens (tertiary/aromatic N) is 8. The van der Waals surface area contributed by atoms with Gasteiger partial charge in [-0.3, -0.25) is 29.0 Å². The highest BCUT2D eigenvalue weighted by Gasteiger charge is 2.44. The van der Waals surface area contributed by atoms with Crippen molar-refractivity contribution < 1.29 is 48.5 Å². The van der Waals surface area contributed by atoms with Crippen LogP contribution in [0, 0.1) is 13.8 Å². The topological polar surface area (TPSA) is 231 Å². The molecule has 0 unspecified atom stereocenters. The van der Waals surface area contributed by atoms with Gasteiger partial charge in [-0.15, -0.1) is 22.7 Å². The first-order valence-corrected chi connectivity index (χ1v) is 28.6. The first-order valence-electron chi connectivity index (χ1n) is 26.8. The van der Waals surface area contributed by atoms with Crippen LogP contribution in [0.5, 0.6) is 0 Å². The van der Waals surface area contributed by atoms with Crippen molar-refractivity contribution in [1.29, 1.82) is 0 Å². The highest BCUT2D eigenvalue weighted by atomic mass is 32.1. The summed E-state index contributed by atoms with van der Waals surface area (Å²) in [5.74, 6) is -0.933. The van der Waals surface area contributed by atoms with E-state index in [0.717, 1.165) is 43.4 Å². The average Bonchev–Trinajstić information content (AvgIpc) is 4.26. The molecule has 4 N–H and O–H groups in total. The number of aromatic nitrogens is 2. The third-order valence-electron chi connectivity index (χ3n) is 14.3. The number of nitrogens with one attached hydrogen (secondary N) is 2. The molecule has 6 amide bonds. The van der Waals surface area contributed by atoms with Gasteiger partial charge in [0.25, 0.3) is 0 Å². The Morgan fingerprint density at radius 2 is 0.910 bits per heavy atom. The summed E-state index contributed by atoms with van der Waals surface area (Å²) in [6, 6.07) is 13.5. The standard InChI is InChI=1S/2C28H39N5O5S/c2*1-18-24(39-17-30-18)21-8-6-20(7-9-21)15-29-25(35)23-14-22(34)16-33(23)26(36)19(2)31-10-12-32(13-11-31)27(37)38-28(3,4)5/h2*6-9,17,19,22-23,34H,10-16H2,1-5H3,(H,29,35)/t19-,22+,23-;19-,22-,23+/m01/s1. The van der Waals surface area contributed by atoms with E-state index in [1.54, 1.807) is 32.5 Å². The van der Waals surface area contributed by atoms with E-state index in [-0.39, 0.29) is 61.7 Å². The van der Waals surface area contributed by atoms with Crippen LogP contribution in [0.2, 0.25) is 0 Å². The minimum absolute atomic E-state index is 0.127. The summed E-state index contributed by atoms with van der Waals surface area (Å²) in [6.45, 7) is 23.4. The monoisotopic (exact) mass is 1110 g/mol. The molecule has 4 fully saturated rings. The summed E-state index contributed by atoms with van der Waals surface area (Å²) >= 11 is 3.19. The van der Waals surface area contributed by atoms with Gasteiger partial charge >= 0.3 is 12.2 Å². The number of piperazine rings is 2. The summed E-state index contributed by atoms with van der Waals surface area (Å²) < 4.78 is 10.9. The van der Waals surface area contributed by atoms with E-state index in [0.29, 0.717) is 65.4 Å². The van der Waals surface area contributed by atoms with E-state index in [1.807, 2.05) is 139 Å². The van der Waals surface area contributed by atoms with Gasteiger partial charge in [0.05, 0.1) is 56.5 Å². The Labute approximate surface area is 466 Å². The number of ether oxygens (including phenoxy) is 2. The molecule has 78 heavy (non-hydrogen) atoms. The number of hydrogen-bond acceptors (Lipinski definition) is 16. The molecular weight excluding hydrogens is 1040 g/mol. The smallest absolute Gasteiger partial charge is 0.410 e. The largest absolute Gasteiger partial charge is 0.444 e. The number of hydrogen-bond donors (Lipinski definition) is 4. The third kappa shape index (κ3) is 15.6. The summed E-state index contributed by atoms with van der Waals surface area (Å²) in [5, 5.41) is 26.5. The van der Waals surface area contributed by atoms with Crippen LogP contribution in [0.15, 0.2) is 59.6 Å². The quantitative estimate of drug-likeness (QED) is 0.142.